The van der Waals surface area contributed by atoms with Crippen molar-refractivity contribution in [1.82, 2.24) is 19.7 Å². The van der Waals surface area contributed by atoms with Gasteiger partial charge in [0.1, 0.15) is 0 Å². The molecule has 0 aromatic carbocycles. The predicted octanol–water partition coefficient (Wildman–Crippen LogP) is 1.86. The zero-order chi connectivity index (χ0) is 14.8. The number of aryl methyl sites for hydroxylation is 2. The van der Waals surface area contributed by atoms with E-state index < -0.39 is 0 Å². The average molecular weight is 309 g/mol. The summed E-state index contributed by atoms with van der Waals surface area (Å²) in [6.07, 6.45) is 1.14. The highest BCUT2D eigenvalue weighted by molar-refractivity contribution is 7.22. The third-order valence-corrected chi connectivity index (χ3v) is 5.18. The SMILES string of the molecule is CCC(CNc1nc2c(s1)c(C)nn2C)N1CCOCC1. The van der Waals surface area contributed by atoms with E-state index in [4.69, 9.17) is 4.74 Å². The van der Waals surface area contributed by atoms with Crippen LogP contribution in [-0.2, 0) is 11.8 Å². The molecular formula is C14H23N5OS. The number of morpholine rings is 1. The number of hydrogen-bond donors (Lipinski definition) is 1. The maximum atomic E-state index is 5.43. The highest BCUT2D eigenvalue weighted by Gasteiger charge is 2.20. The lowest BCUT2D eigenvalue weighted by Crippen LogP contribution is -2.46. The summed E-state index contributed by atoms with van der Waals surface area (Å²) in [6.45, 7) is 8.97. The van der Waals surface area contributed by atoms with E-state index in [2.05, 4.69) is 27.2 Å². The summed E-state index contributed by atoms with van der Waals surface area (Å²) in [5, 5.41) is 8.89. The van der Waals surface area contributed by atoms with Gasteiger partial charge in [0.25, 0.3) is 0 Å². The van der Waals surface area contributed by atoms with Crippen molar-refractivity contribution >= 4 is 26.8 Å². The monoisotopic (exact) mass is 309 g/mol. The standard InChI is InChI=1S/C14H23N5OS/c1-4-11(19-5-7-20-8-6-19)9-15-14-16-13-12(21-14)10(2)17-18(13)3/h11H,4-9H2,1-3H3,(H,15,16). The minimum absolute atomic E-state index is 0.542. The van der Waals surface area contributed by atoms with Crippen molar-refractivity contribution in [3.05, 3.63) is 5.69 Å². The third-order valence-electron chi connectivity index (χ3n) is 4.07. The minimum Gasteiger partial charge on any atom is -0.379 e. The van der Waals surface area contributed by atoms with Crippen molar-refractivity contribution in [3.8, 4) is 0 Å². The number of ether oxygens (including phenoxy) is 1. The number of nitrogens with zero attached hydrogens (tertiary/aromatic N) is 4. The Kier molecular flexibility index (Phi) is 4.42. The molecule has 1 saturated heterocycles. The lowest BCUT2D eigenvalue weighted by atomic mass is 10.2. The van der Waals surface area contributed by atoms with Crippen molar-refractivity contribution in [2.24, 2.45) is 7.05 Å². The number of aromatic nitrogens is 3. The van der Waals surface area contributed by atoms with Crippen molar-refractivity contribution in [1.29, 1.82) is 0 Å². The highest BCUT2D eigenvalue weighted by Crippen LogP contribution is 2.28. The fourth-order valence-corrected chi connectivity index (χ4v) is 3.78. The second-order valence-electron chi connectivity index (χ2n) is 5.47. The Labute approximate surface area is 129 Å². The van der Waals surface area contributed by atoms with Crippen molar-refractivity contribution in [2.45, 2.75) is 26.3 Å². The van der Waals surface area contributed by atoms with E-state index in [0.29, 0.717) is 6.04 Å². The molecule has 0 saturated carbocycles. The first-order chi connectivity index (χ1) is 10.2. The predicted molar refractivity (Wildman–Crippen MR) is 86.1 cm³/mol. The molecule has 0 bridgehead atoms. The van der Waals surface area contributed by atoms with Crippen LogP contribution in [-0.4, -0.2) is 58.6 Å². The molecule has 2 aromatic heterocycles. The molecule has 1 N–H and O–H groups in total. The molecule has 1 unspecified atom stereocenters. The van der Waals surface area contributed by atoms with Gasteiger partial charge >= 0.3 is 0 Å². The molecule has 1 atom stereocenters. The van der Waals surface area contributed by atoms with E-state index in [1.54, 1.807) is 11.3 Å². The van der Waals surface area contributed by atoms with Crippen LogP contribution < -0.4 is 5.32 Å². The molecule has 1 fully saturated rings. The lowest BCUT2D eigenvalue weighted by molar-refractivity contribution is 0.0184. The number of rotatable bonds is 5. The maximum Gasteiger partial charge on any atom is 0.185 e. The van der Waals surface area contributed by atoms with E-state index >= 15 is 0 Å². The molecule has 2 aromatic rings. The number of fused-ring (bicyclic) bond motifs is 1. The van der Waals surface area contributed by atoms with Crippen LogP contribution in [0.4, 0.5) is 5.13 Å². The third kappa shape index (κ3) is 3.04. The van der Waals surface area contributed by atoms with E-state index in [-0.39, 0.29) is 0 Å². The molecule has 0 aliphatic carbocycles. The van der Waals surface area contributed by atoms with E-state index in [1.807, 2.05) is 18.7 Å². The summed E-state index contributed by atoms with van der Waals surface area (Å²) in [7, 11) is 1.95. The topological polar surface area (TPSA) is 55.2 Å². The molecule has 0 radical (unpaired) electrons. The van der Waals surface area contributed by atoms with Gasteiger partial charge in [-0.15, -0.1) is 0 Å². The molecule has 1 aliphatic heterocycles. The Balaban J connectivity index is 1.65. The van der Waals surface area contributed by atoms with Crippen LogP contribution in [0.1, 0.15) is 19.0 Å². The fourth-order valence-electron chi connectivity index (χ4n) is 2.84. The van der Waals surface area contributed by atoms with Crippen LogP contribution >= 0.6 is 11.3 Å². The fraction of sp³-hybridized carbons (Fsp3) is 0.714. The minimum atomic E-state index is 0.542. The van der Waals surface area contributed by atoms with Gasteiger partial charge in [0, 0.05) is 32.7 Å². The van der Waals surface area contributed by atoms with Gasteiger partial charge in [-0.05, 0) is 13.3 Å². The summed E-state index contributed by atoms with van der Waals surface area (Å²) < 4.78 is 8.46. The average Bonchev–Trinajstić information content (AvgIpc) is 3.03. The Bertz CT molecular complexity index is 567. The van der Waals surface area contributed by atoms with Crippen LogP contribution in [0, 0.1) is 6.92 Å². The Morgan fingerprint density at radius 3 is 2.81 bits per heavy atom. The van der Waals surface area contributed by atoms with Gasteiger partial charge < -0.3 is 10.1 Å². The van der Waals surface area contributed by atoms with Crippen LogP contribution in [0.15, 0.2) is 0 Å². The van der Waals surface area contributed by atoms with Gasteiger partial charge in [-0.3, -0.25) is 4.90 Å². The van der Waals surface area contributed by atoms with Gasteiger partial charge in [0.2, 0.25) is 0 Å². The molecule has 7 heteroatoms. The van der Waals surface area contributed by atoms with E-state index in [9.17, 15) is 0 Å². The Morgan fingerprint density at radius 1 is 1.38 bits per heavy atom. The summed E-state index contributed by atoms with van der Waals surface area (Å²) >= 11 is 1.70. The molecule has 0 amide bonds. The second-order valence-corrected chi connectivity index (χ2v) is 6.47. The summed E-state index contributed by atoms with van der Waals surface area (Å²) in [4.78, 5) is 7.16. The summed E-state index contributed by atoms with van der Waals surface area (Å²) in [6, 6.07) is 0.542. The quantitative estimate of drug-likeness (QED) is 0.913. The zero-order valence-electron chi connectivity index (χ0n) is 12.9. The van der Waals surface area contributed by atoms with Crippen LogP contribution in [0.2, 0.25) is 0 Å². The Morgan fingerprint density at radius 2 is 2.14 bits per heavy atom. The van der Waals surface area contributed by atoms with Gasteiger partial charge in [0.15, 0.2) is 10.8 Å². The van der Waals surface area contributed by atoms with E-state index in [1.165, 1.54) is 4.70 Å². The van der Waals surface area contributed by atoms with Crippen molar-refractivity contribution < 1.29 is 4.74 Å². The van der Waals surface area contributed by atoms with Crippen LogP contribution in [0.3, 0.4) is 0 Å². The molecule has 3 heterocycles. The largest absolute Gasteiger partial charge is 0.379 e. The van der Waals surface area contributed by atoms with Crippen LogP contribution in [0.5, 0.6) is 0 Å². The van der Waals surface area contributed by atoms with Crippen molar-refractivity contribution in [2.75, 3.05) is 38.2 Å². The molecule has 21 heavy (non-hydrogen) atoms. The number of anilines is 1. The summed E-state index contributed by atoms with van der Waals surface area (Å²) in [5.74, 6) is 0. The number of nitrogens with one attached hydrogen (secondary N) is 1. The number of thiazole rings is 1. The summed E-state index contributed by atoms with van der Waals surface area (Å²) in [5.41, 5.74) is 2.03. The molecular weight excluding hydrogens is 286 g/mol. The Hall–Kier alpha value is -1.18. The first kappa shape index (κ1) is 14.7. The van der Waals surface area contributed by atoms with Gasteiger partial charge in [-0.25, -0.2) is 9.67 Å². The molecule has 6 nitrogen and oxygen atoms in total. The highest BCUT2D eigenvalue weighted by atomic mass is 32.1. The first-order valence-electron chi connectivity index (χ1n) is 7.55. The maximum absolute atomic E-state index is 5.43. The normalized spacial score (nSPS) is 18.2. The van der Waals surface area contributed by atoms with Gasteiger partial charge in [-0.1, -0.05) is 18.3 Å². The molecule has 0 spiro atoms. The molecule has 3 rings (SSSR count). The molecule has 116 valence electrons. The number of hydrogen-bond acceptors (Lipinski definition) is 6. The van der Waals surface area contributed by atoms with Gasteiger partial charge in [-0.2, -0.15) is 5.10 Å². The molecule has 1 aliphatic rings. The zero-order valence-corrected chi connectivity index (χ0v) is 13.7. The van der Waals surface area contributed by atoms with E-state index in [0.717, 1.165) is 55.7 Å². The smallest absolute Gasteiger partial charge is 0.185 e. The van der Waals surface area contributed by atoms with Gasteiger partial charge in [0.05, 0.1) is 23.6 Å². The lowest BCUT2D eigenvalue weighted by Gasteiger charge is -2.34. The first-order valence-corrected chi connectivity index (χ1v) is 8.36. The van der Waals surface area contributed by atoms with Crippen LogP contribution in [0.25, 0.3) is 10.3 Å². The van der Waals surface area contributed by atoms with Crippen molar-refractivity contribution in [3.63, 3.8) is 0 Å². The second kappa shape index (κ2) is 6.29.